The lowest BCUT2D eigenvalue weighted by atomic mass is 10.1. The fourth-order valence-corrected chi connectivity index (χ4v) is 2.06. The number of furan rings is 1. The normalized spacial score (nSPS) is 12.7. The predicted octanol–water partition coefficient (Wildman–Crippen LogP) is 3.89. The third-order valence-electron chi connectivity index (χ3n) is 3.07. The molecule has 1 aromatic heterocycles. The first-order valence-corrected chi connectivity index (χ1v) is 6.11. The van der Waals surface area contributed by atoms with Gasteiger partial charge in [0.1, 0.15) is 17.3 Å². The van der Waals surface area contributed by atoms with E-state index >= 15 is 0 Å². The Balaban J connectivity index is 1.98. The zero-order valence-corrected chi connectivity index (χ0v) is 11.0. The van der Waals surface area contributed by atoms with Gasteiger partial charge in [-0.05, 0) is 44.5 Å². The van der Waals surface area contributed by atoms with Crippen molar-refractivity contribution in [2.24, 2.45) is 0 Å². The molecule has 1 N–H and O–H groups in total. The highest BCUT2D eigenvalue weighted by molar-refractivity contribution is 5.24. The molecule has 2 rings (SSSR count). The van der Waals surface area contributed by atoms with Crippen molar-refractivity contribution >= 4 is 0 Å². The van der Waals surface area contributed by atoms with Gasteiger partial charge in [0.25, 0.3) is 0 Å². The second kappa shape index (κ2) is 5.36. The minimum atomic E-state index is -0.201. The summed E-state index contributed by atoms with van der Waals surface area (Å²) in [4.78, 5) is 0. The van der Waals surface area contributed by atoms with Crippen molar-refractivity contribution in [2.45, 2.75) is 33.4 Å². The van der Waals surface area contributed by atoms with Gasteiger partial charge in [0.15, 0.2) is 0 Å². The highest BCUT2D eigenvalue weighted by Gasteiger charge is 2.11. The van der Waals surface area contributed by atoms with Gasteiger partial charge in [0.2, 0.25) is 0 Å². The first-order chi connectivity index (χ1) is 8.56. The van der Waals surface area contributed by atoms with Crippen LogP contribution in [0.3, 0.4) is 0 Å². The van der Waals surface area contributed by atoms with Crippen LogP contribution in [-0.2, 0) is 6.54 Å². The molecule has 1 atom stereocenters. The largest absolute Gasteiger partial charge is 0.466 e. The van der Waals surface area contributed by atoms with Crippen molar-refractivity contribution in [3.63, 3.8) is 0 Å². The maximum absolute atomic E-state index is 12.8. The molecule has 3 heteroatoms. The molecule has 1 aromatic carbocycles. The summed E-state index contributed by atoms with van der Waals surface area (Å²) < 4.78 is 18.3. The van der Waals surface area contributed by atoms with Crippen LogP contribution < -0.4 is 5.32 Å². The quantitative estimate of drug-likeness (QED) is 0.886. The number of halogens is 1. The van der Waals surface area contributed by atoms with Gasteiger partial charge in [-0.2, -0.15) is 0 Å². The number of rotatable bonds is 4. The van der Waals surface area contributed by atoms with Gasteiger partial charge >= 0.3 is 0 Å². The van der Waals surface area contributed by atoms with Crippen molar-refractivity contribution in [3.8, 4) is 0 Å². The van der Waals surface area contributed by atoms with Crippen molar-refractivity contribution in [2.75, 3.05) is 0 Å². The van der Waals surface area contributed by atoms with Gasteiger partial charge in [0.05, 0.1) is 0 Å². The first-order valence-electron chi connectivity index (χ1n) is 6.11. The lowest BCUT2D eigenvalue weighted by Gasteiger charge is -2.13. The summed E-state index contributed by atoms with van der Waals surface area (Å²) in [6.07, 6.45) is 0. The lowest BCUT2D eigenvalue weighted by Crippen LogP contribution is -2.18. The van der Waals surface area contributed by atoms with Crippen LogP contribution in [0.1, 0.15) is 35.6 Å². The summed E-state index contributed by atoms with van der Waals surface area (Å²) >= 11 is 0. The number of benzene rings is 1. The minimum absolute atomic E-state index is 0.201. The molecule has 0 aliphatic carbocycles. The lowest BCUT2D eigenvalue weighted by molar-refractivity contribution is 0.489. The van der Waals surface area contributed by atoms with Crippen LogP contribution in [-0.4, -0.2) is 0 Å². The molecule has 0 spiro atoms. The summed E-state index contributed by atoms with van der Waals surface area (Å²) in [6, 6.07) is 8.82. The van der Waals surface area contributed by atoms with E-state index in [9.17, 15) is 4.39 Å². The molecule has 2 aromatic rings. The monoisotopic (exact) mass is 247 g/mol. The number of aryl methyl sites for hydroxylation is 2. The van der Waals surface area contributed by atoms with Crippen LogP contribution in [0.25, 0.3) is 0 Å². The molecule has 0 aliphatic heterocycles. The highest BCUT2D eigenvalue weighted by atomic mass is 19.1. The Morgan fingerprint density at radius 1 is 1.22 bits per heavy atom. The summed E-state index contributed by atoms with van der Waals surface area (Å²) in [7, 11) is 0. The van der Waals surface area contributed by atoms with E-state index in [1.165, 1.54) is 17.7 Å². The van der Waals surface area contributed by atoms with Crippen LogP contribution >= 0.6 is 0 Å². The standard InChI is InChI=1S/C15H18FNO/c1-10-8-15(12(3)18-10)11(2)17-9-13-4-6-14(16)7-5-13/h4-8,11,17H,9H2,1-3H3. The second-order valence-corrected chi connectivity index (χ2v) is 4.60. The summed E-state index contributed by atoms with van der Waals surface area (Å²) in [6.45, 7) is 6.73. The van der Waals surface area contributed by atoms with E-state index in [1.807, 2.05) is 13.8 Å². The predicted molar refractivity (Wildman–Crippen MR) is 69.8 cm³/mol. The Hall–Kier alpha value is -1.61. The molecular formula is C15H18FNO. The Morgan fingerprint density at radius 3 is 2.44 bits per heavy atom. The summed E-state index contributed by atoms with van der Waals surface area (Å²) in [5.74, 6) is 1.68. The number of hydrogen-bond donors (Lipinski definition) is 1. The first kappa shape index (κ1) is 12.8. The summed E-state index contributed by atoms with van der Waals surface area (Å²) in [5.41, 5.74) is 2.25. The molecular weight excluding hydrogens is 229 g/mol. The van der Waals surface area contributed by atoms with E-state index in [0.717, 1.165) is 17.1 Å². The zero-order valence-electron chi connectivity index (χ0n) is 11.0. The molecule has 0 fully saturated rings. The molecule has 96 valence electrons. The van der Waals surface area contributed by atoms with Crippen LogP contribution in [0.2, 0.25) is 0 Å². The van der Waals surface area contributed by atoms with Crippen LogP contribution in [0, 0.1) is 19.7 Å². The number of hydrogen-bond acceptors (Lipinski definition) is 2. The van der Waals surface area contributed by atoms with E-state index < -0.39 is 0 Å². The highest BCUT2D eigenvalue weighted by Crippen LogP contribution is 2.21. The topological polar surface area (TPSA) is 25.2 Å². The molecule has 1 unspecified atom stereocenters. The van der Waals surface area contributed by atoms with E-state index in [4.69, 9.17) is 4.42 Å². The Morgan fingerprint density at radius 2 is 1.89 bits per heavy atom. The molecule has 0 radical (unpaired) electrons. The maximum atomic E-state index is 12.8. The molecule has 0 bridgehead atoms. The van der Waals surface area contributed by atoms with E-state index in [0.29, 0.717) is 6.54 Å². The Bertz CT molecular complexity index is 516. The molecule has 0 amide bonds. The molecule has 0 aliphatic rings. The summed E-state index contributed by atoms with van der Waals surface area (Å²) in [5, 5.41) is 3.41. The zero-order chi connectivity index (χ0) is 13.1. The van der Waals surface area contributed by atoms with Gasteiger partial charge in [0, 0.05) is 18.2 Å². The number of nitrogens with one attached hydrogen (secondary N) is 1. The van der Waals surface area contributed by atoms with Gasteiger partial charge < -0.3 is 9.73 Å². The fraction of sp³-hybridized carbons (Fsp3) is 0.333. The van der Waals surface area contributed by atoms with E-state index in [1.54, 1.807) is 12.1 Å². The van der Waals surface area contributed by atoms with Crippen molar-refractivity contribution in [1.82, 2.24) is 5.32 Å². The van der Waals surface area contributed by atoms with Gasteiger partial charge in [-0.1, -0.05) is 12.1 Å². The van der Waals surface area contributed by atoms with Crippen molar-refractivity contribution in [3.05, 3.63) is 58.8 Å². The van der Waals surface area contributed by atoms with Gasteiger partial charge in [-0.25, -0.2) is 4.39 Å². The van der Waals surface area contributed by atoms with Gasteiger partial charge in [-0.15, -0.1) is 0 Å². The molecule has 18 heavy (non-hydrogen) atoms. The molecule has 2 nitrogen and oxygen atoms in total. The van der Waals surface area contributed by atoms with E-state index in [2.05, 4.69) is 18.3 Å². The average molecular weight is 247 g/mol. The van der Waals surface area contributed by atoms with E-state index in [-0.39, 0.29) is 11.9 Å². The van der Waals surface area contributed by atoms with Crippen molar-refractivity contribution < 1.29 is 8.81 Å². The van der Waals surface area contributed by atoms with Gasteiger partial charge in [-0.3, -0.25) is 0 Å². The molecule has 0 saturated heterocycles. The third kappa shape index (κ3) is 2.99. The Kier molecular flexibility index (Phi) is 3.82. The Labute approximate surface area is 107 Å². The SMILES string of the molecule is Cc1cc(C(C)NCc2ccc(F)cc2)c(C)o1. The van der Waals surface area contributed by atoms with Crippen LogP contribution in [0.4, 0.5) is 4.39 Å². The van der Waals surface area contributed by atoms with Crippen molar-refractivity contribution in [1.29, 1.82) is 0 Å². The fourth-order valence-electron chi connectivity index (χ4n) is 2.06. The molecule has 1 heterocycles. The minimum Gasteiger partial charge on any atom is -0.466 e. The average Bonchev–Trinajstić information content (AvgIpc) is 2.67. The second-order valence-electron chi connectivity index (χ2n) is 4.60. The van der Waals surface area contributed by atoms with Crippen LogP contribution in [0.15, 0.2) is 34.7 Å². The third-order valence-corrected chi connectivity index (χ3v) is 3.07. The van der Waals surface area contributed by atoms with Crippen LogP contribution in [0.5, 0.6) is 0 Å². The smallest absolute Gasteiger partial charge is 0.123 e. The maximum Gasteiger partial charge on any atom is 0.123 e. The molecule has 0 saturated carbocycles.